The Morgan fingerprint density at radius 1 is 0.284 bits per heavy atom. The van der Waals surface area contributed by atoms with Crippen LogP contribution in [0.15, 0.2) is 98.1 Å². The molecule has 10 saturated carbocycles. The molecule has 0 aliphatic heterocycles. The Balaban J connectivity index is 0.000000152. The van der Waals surface area contributed by atoms with E-state index in [0.717, 1.165) is 76.0 Å². The van der Waals surface area contributed by atoms with Crippen LogP contribution in [0.4, 0.5) is 0 Å². The van der Waals surface area contributed by atoms with Gasteiger partial charge in [-0.3, -0.25) is 0 Å². The molecule has 0 radical (unpaired) electrons. The van der Waals surface area contributed by atoms with Gasteiger partial charge in [-0.1, -0.05) is 97.8 Å². The number of benzene rings is 4. The topological polar surface area (TPSA) is 214 Å². The van der Waals surface area contributed by atoms with Gasteiger partial charge in [0.1, 0.15) is 45.9 Å². The molecule has 4 aromatic heterocycles. The van der Waals surface area contributed by atoms with Crippen LogP contribution in [0.1, 0.15) is 151 Å². The zero-order valence-electron chi connectivity index (χ0n) is 58.8. The fourth-order valence-corrected chi connectivity index (χ4v) is 20.3. The summed E-state index contributed by atoms with van der Waals surface area (Å²) in [4.78, 5) is 32.6. The fourth-order valence-electron chi connectivity index (χ4n) is 19.8. The maximum atomic E-state index is 6.14. The van der Waals surface area contributed by atoms with E-state index in [2.05, 4.69) is 88.4 Å². The first kappa shape index (κ1) is 71.0. The van der Waals surface area contributed by atoms with Crippen LogP contribution < -0.4 is 56.8 Å². The van der Waals surface area contributed by atoms with Gasteiger partial charge in [0.15, 0.2) is 46.0 Å². The van der Waals surface area contributed by atoms with Gasteiger partial charge < -0.3 is 56.8 Å². The molecule has 0 saturated heterocycles. The summed E-state index contributed by atoms with van der Waals surface area (Å²) in [5.41, 5.74) is 4.45. The number of fused-ring (bicyclic) bond motifs is 1. The molecule has 0 atom stereocenters. The first-order chi connectivity index (χ1) is 49.5. The quantitative estimate of drug-likeness (QED) is 0.0649. The van der Waals surface area contributed by atoms with Crippen LogP contribution in [0.25, 0.3) is 0 Å². The van der Waals surface area contributed by atoms with Gasteiger partial charge in [0.25, 0.3) is 0 Å². The van der Waals surface area contributed by atoms with Crippen LogP contribution >= 0.6 is 46.4 Å². The molecule has 8 aromatic rings. The van der Waals surface area contributed by atoms with Crippen molar-refractivity contribution in [1.82, 2.24) is 39.9 Å². The van der Waals surface area contributed by atoms with Crippen molar-refractivity contribution in [3.05, 3.63) is 141 Å². The third-order valence-electron chi connectivity index (χ3n) is 23.1. The van der Waals surface area contributed by atoms with E-state index in [0.29, 0.717) is 116 Å². The summed E-state index contributed by atoms with van der Waals surface area (Å²) in [6.45, 7) is 0. The van der Waals surface area contributed by atoms with Crippen molar-refractivity contribution < 1.29 is 56.8 Å². The molecule has 0 N–H and O–H groups in total. The second-order valence-electron chi connectivity index (χ2n) is 29.1. The lowest BCUT2D eigenvalue weighted by molar-refractivity contribution is -0.0285. The molecule has 4 aromatic carbocycles. The molecule has 10 aliphatic carbocycles. The lowest BCUT2D eigenvalue weighted by Crippen LogP contribution is -2.56. The number of halogens is 4. The third-order valence-corrected chi connectivity index (χ3v) is 24.0. The number of ether oxygens (including phenoxy) is 12. The predicted octanol–water partition coefficient (Wildman–Crippen LogP) is 19.3. The van der Waals surface area contributed by atoms with Crippen LogP contribution in [0.5, 0.6) is 92.5 Å². The summed E-state index contributed by atoms with van der Waals surface area (Å²) in [6, 6.07) is 23.0. The summed E-state index contributed by atoms with van der Waals surface area (Å²) in [5.74, 6) is 12.2. The van der Waals surface area contributed by atoms with Crippen molar-refractivity contribution in [3.63, 3.8) is 0 Å². The molecule has 10 aliphatic rings. The average molecular weight is 1470 g/mol. The standard InChI is InChI=1S/2C34H34Cl2N4O6.C10H18/c2*1-41-23-6-21(7-24(42-2)31(23)45-29-10-27(35)37-17-39-29)33-12-19-5-20(13-33)15-34(14-19,16-33)22-8-25(43-3)32(26(9-22)44-4)46-30-11-28(36)38-18-40-30;1-2-6-10-8-4-3-7-9(10)5-1/h2*6-11,17-20H,5,12-16H2,1-4H3;9-10H,1-8H2. The predicted molar refractivity (Wildman–Crippen MR) is 387 cm³/mol. The lowest BCUT2D eigenvalue weighted by Gasteiger charge is -2.63. The summed E-state index contributed by atoms with van der Waals surface area (Å²) in [7, 11) is 13.1. The molecule has 24 heteroatoms. The van der Waals surface area contributed by atoms with Crippen molar-refractivity contribution in [1.29, 1.82) is 0 Å². The first-order valence-electron chi connectivity index (χ1n) is 35.2. The molecule has 0 amide bonds. The van der Waals surface area contributed by atoms with Gasteiger partial charge >= 0.3 is 0 Å². The molecule has 20 nitrogen and oxygen atoms in total. The van der Waals surface area contributed by atoms with E-state index in [4.69, 9.17) is 103 Å². The van der Waals surface area contributed by atoms with Crippen molar-refractivity contribution in [2.45, 2.75) is 150 Å². The highest BCUT2D eigenvalue weighted by Crippen LogP contribution is 2.70. The summed E-state index contributed by atoms with van der Waals surface area (Å²) in [6.07, 6.45) is 31.0. The van der Waals surface area contributed by atoms with E-state index in [1.165, 1.54) is 86.1 Å². The highest BCUT2D eigenvalue weighted by molar-refractivity contribution is 6.30. The van der Waals surface area contributed by atoms with Crippen molar-refractivity contribution in [2.24, 2.45) is 35.5 Å². The maximum absolute atomic E-state index is 6.14. The van der Waals surface area contributed by atoms with Gasteiger partial charge in [-0.05, 0) is 205 Å². The van der Waals surface area contributed by atoms with Gasteiger partial charge in [0.05, 0.1) is 56.9 Å². The van der Waals surface area contributed by atoms with E-state index in [1.807, 2.05) is 0 Å². The Morgan fingerprint density at radius 2 is 0.480 bits per heavy atom. The van der Waals surface area contributed by atoms with Gasteiger partial charge in [-0.2, -0.15) is 0 Å². The minimum Gasteiger partial charge on any atom is -0.493 e. The number of hydrogen-bond donors (Lipinski definition) is 0. The second kappa shape index (κ2) is 30.0. The molecule has 0 spiro atoms. The van der Waals surface area contributed by atoms with Crippen LogP contribution in [0, 0.1) is 35.5 Å². The smallest absolute Gasteiger partial charge is 0.224 e. The van der Waals surface area contributed by atoms with Crippen molar-refractivity contribution >= 4 is 46.4 Å². The van der Waals surface area contributed by atoms with Crippen molar-refractivity contribution in [2.75, 3.05) is 56.9 Å². The third kappa shape index (κ3) is 14.4. The molecule has 10 fully saturated rings. The Kier molecular flexibility index (Phi) is 20.9. The zero-order chi connectivity index (χ0) is 70.9. The molecule has 4 heterocycles. The minimum atomic E-state index is -0.0747. The normalized spacial score (nSPS) is 26.0. The zero-order valence-corrected chi connectivity index (χ0v) is 61.9. The van der Waals surface area contributed by atoms with Gasteiger partial charge in [-0.25, -0.2) is 39.9 Å². The van der Waals surface area contributed by atoms with E-state index in [9.17, 15) is 0 Å². The largest absolute Gasteiger partial charge is 0.493 e. The van der Waals surface area contributed by atoms with Crippen LogP contribution in [0.3, 0.4) is 0 Å². The number of aromatic nitrogens is 8. The number of hydrogen-bond acceptors (Lipinski definition) is 20. The van der Waals surface area contributed by atoms with Gasteiger partial charge in [0, 0.05) is 24.3 Å². The Labute approximate surface area is 615 Å². The monoisotopic (exact) mass is 1470 g/mol. The molecule has 18 rings (SSSR count). The van der Waals surface area contributed by atoms with Crippen LogP contribution in [0.2, 0.25) is 20.6 Å². The van der Waals surface area contributed by atoms with Crippen LogP contribution in [-0.4, -0.2) is 96.8 Å². The van der Waals surface area contributed by atoms with E-state index in [1.54, 1.807) is 107 Å². The number of methoxy groups -OCH3 is 8. The average Bonchev–Trinajstić information content (AvgIpc) is 0.707. The first-order valence-corrected chi connectivity index (χ1v) is 36.7. The molecule has 538 valence electrons. The minimum absolute atomic E-state index is 0.0747. The molecule has 8 bridgehead atoms. The SMILES string of the molecule is C1CCC2CCCCC2C1.COc1cc(C23CC4CC(C2)CC(c2cc(OC)c(Oc5cc(Cl)ncn5)c(OC)c2)(C4)C3)cc(OC)c1Oc1cc(Cl)ncn1.COc1cc(C23CC4CC(C2)CC(c2cc(OC)c(Oc5cc(Cl)ncn5)c(OC)c2)(C4)C3)cc(OC)c1Oc1cc(Cl)ncn1. The Hall–Kier alpha value is -8.04. The van der Waals surface area contributed by atoms with E-state index >= 15 is 0 Å². The highest BCUT2D eigenvalue weighted by Gasteiger charge is 2.61. The van der Waals surface area contributed by atoms with E-state index in [-0.39, 0.29) is 42.3 Å². The Morgan fingerprint density at radius 3 is 0.657 bits per heavy atom. The Bertz CT molecular complexity index is 3700. The van der Waals surface area contributed by atoms with Gasteiger partial charge in [-0.15, -0.1) is 0 Å². The van der Waals surface area contributed by atoms with Crippen molar-refractivity contribution in [3.8, 4) is 92.5 Å². The molecule has 0 unspecified atom stereocenters. The maximum Gasteiger partial charge on any atom is 0.224 e. The summed E-state index contributed by atoms with van der Waals surface area (Å²) < 4.78 is 71.7. The number of nitrogens with zero attached hydrogens (tertiary/aromatic N) is 8. The molecular formula is C78H86Cl4N8O12. The fraction of sp³-hybridized carbons (Fsp3) is 0.487. The van der Waals surface area contributed by atoms with E-state index < -0.39 is 0 Å². The lowest BCUT2D eigenvalue weighted by atomic mass is 9.41. The number of rotatable bonds is 20. The molecular weight excluding hydrogens is 1380 g/mol. The summed E-state index contributed by atoms with van der Waals surface area (Å²) >= 11 is 24.3. The second-order valence-corrected chi connectivity index (χ2v) is 30.6. The van der Waals surface area contributed by atoms with Crippen LogP contribution in [-0.2, 0) is 21.7 Å². The molecule has 102 heavy (non-hydrogen) atoms. The highest BCUT2D eigenvalue weighted by atomic mass is 35.5. The van der Waals surface area contributed by atoms with Gasteiger partial charge in [0.2, 0.25) is 46.5 Å². The summed E-state index contributed by atoms with van der Waals surface area (Å²) in [5, 5.41) is 1.13.